The number of rotatable bonds is 10. The van der Waals surface area contributed by atoms with Crippen LogP contribution in [0.2, 0.25) is 0 Å². The highest BCUT2D eigenvalue weighted by atomic mass is 16.6. The van der Waals surface area contributed by atoms with E-state index in [4.69, 9.17) is 33.2 Å². The minimum Gasteiger partial charge on any atom is -0.458 e. The van der Waals surface area contributed by atoms with Crippen LogP contribution >= 0.6 is 0 Å². The molecule has 1 aliphatic heterocycles. The predicted octanol–water partition coefficient (Wildman–Crippen LogP) is 5.74. The summed E-state index contributed by atoms with van der Waals surface area (Å²) in [5.41, 5.74) is -6.42. The monoisotopic (exact) mass is 838 g/mol. The molecule has 3 aliphatic carbocycles. The van der Waals surface area contributed by atoms with Gasteiger partial charge in [0.2, 0.25) is 0 Å². The number of carbonyl (C=O) groups is 6. The van der Waals surface area contributed by atoms with Crippen molar-refractivity contribution in [2.45, 2.75) is 109 Å². The Morgan fingerprint density at radius 2 is 1.16 bits per heavy atom. The lowest BCUT2D eigenvalue weighted by Crippen LogP contribution is -2.79. The molecule has 10 atom stereocenters. The van der Waals surface area contributed by atoms with E-state index in [9.17, 15) is 33.9 Å². The molecular formula is C47H50O14. The molecule has 14 nitrogen and oxygen atoms in total. The van der Waals surface area contributed by atoms with E-state index < -0.39 is 100 Å². The zero-order chi connectivity index (χ0) is 44.1. The number of fused-ring (bicyclic) bond motifs is 4. The van der Waals surface area contributed by atoms with Crippen LogP contribution in [0.1, 0.15) is 92.4 Å². The van der Waals surface area contributed by atoms with Gasteiger partial charge in [0, 0.05) is 33.6 Å². The third kappa shape index (κ3) is 7.39. The van der Waals surface area contributed by atoms with E-state index in [1.165, 1.54) is 39.8 Å². The van der Waals surface area contributed by atoms with Gasteiger partial charge < -0.3 is 38.3 Å². The molecule has 1 heterocycles. The third-order valence-electron chi connectivity index (χ3n) is 13.0. The van der Waals surface area contributed by atoms with Gasteiger partial charge in [0.15, 0.2) is 17.8 Å². The van der Waals surface area contributed by atoms with Crippen LogP contribution in [-0.2, 0) is 47.5 Å². The van der Waals surface area contributed by atoms with Gasteiger partial charge in [-0.25, -0.2) is 14.4 Å². The van der Waals surface area contributed by atoms with Crippen LogP contribution in [-0.4, -0.2) is 95.4 Å². The minimum atomic E-state index is -1.96. The summed E-state index contributed by atoms with van der Waals surface area (Å²) in [6, 6.07) is 24.4. The highest BCUT2D eigenvalue weighted by Crippen LogP contribution is 2.69. The highest BCUT2D eigenvalue weighted by molar-refractivity contribution is 5.91. The van der Waals surface area contributed by atoms with Crippen LogP contribution in [0.15, 0.2) is 102 Å². The van der Waals surface area contributed by atoms with E-state index in [0.29, 0.717) is 5.57 Å². The average molecular weight is 839 g/mol. The maximum atomic E-state index is 14.7. The molecule has 2 saturated carbocycles. The van der Waals surface area contributed by atoms with Crippen molar-refractivity contribution in [3.8, 4) is 0 Å². The van der Waals surface area contributed by atoms with Crippen LogP contribution in [0.4, 0.5) is 0 Å². The summed E-state index contributed by atoms with van der Waals surface area (Å²) in [6.07, 6.45) is -8.57. The molecule has 0 amide bonds. The van der Waals surface area contributed by atoms with Gasteiger partial charge in [-0.3, -0.25) is 14.4 Å². The molecule has 0 spiro atoms. The average Bonchev–Trinajstić information content (AvgIpc) is 3.47. The second-order valence-electron chi connectivity index (χ2n) is 17.0. The van der Waals surface area contributed by atoms with Crippen molar-refractivity contribution in [3.05, 3.63) is 119 Å². The van der Waals surface area contributed by atoms with Crippen molar-refractivity contribution in [1.29, 1.82) is 0 Å². The first-order valence-electron chi connectivity index (χ1n) is 20.2. The Labute approximate surface area is 353 Å². The molecule has 61 heavy (non-hydrogen) atoms. The Morgan fingerprint density at radius 1 is 0.672 bits per heavy atom. The molecule has 3 aromatic rings. The summed E-state index contributed by atoms with van der Waals surface area (Å²) in [4.78, 5) is 83.1. The molecular weight excluding hydrogens is 789 g/mol. The summed E-state index contributed by atoms with van der Waals surface area (Å²) >= 11 is 0. The van der Waals surface area contributed by atoms with Crippen LogP contribution < -0.4 is 0 Å². The SMILES string of the molecule is CC(=O)O[C@H]1C[C@]2(C(C)(C)O)C(=C1C)[C@@H](OC(=O)c1ccccc1)[C@H](OC(C)=O)[C@@]1(C)[C@@H](OC(=O)c3ccccc3)C[C@@H]3OC[C@@]3(OC(C)=O)[C@@H]1[C@@H]2OC(=O)c1ccccc1. The number of esters is 6. The van der Waals surface area contributed by atoms with E-state index in [2.05, 4.69) is 0 Å². The Balaban J connectivity index is 1.60. The Bertz CT molecular complexity index is 2230. The molecule has 1 saturated heterocycles. The van der Waals surface area contributed by atoms with Gasteiger partial charge in [-0.2, -0.15) is 0 Å². The largest absolute Gasteiger partial charge is 0.458 e. The minimum absolute atomic E-state index is 0.112. The van der Waals surface area contributed by atoms with Crippen molar-refractivity contribution in [3.63, 3.8) is 0 Å². The fourth-order valence-corrected chi connectivity index (χ4v) is 10.4. The standard InChI is InChI=1S/C47H50O14/c1-26-33(56-27(2)48)24-46(44(5,6)54)36(26)37(59-42(52)31-19-13-9-14-20-31)39(57-28(3)49)45(7)34(58-41(51)30-17-11-8-12-18-30)23-35-47(25-55-35,61-29(4)50)38(45)40(46)60-43(53)32-21-15-10-16-22-32/h8-22,33-35,37-40,54H,23-25H2,1-7H3/t33-,34-,35-,37+,38+,39-,40-,45-,46-,47-/m0/s1. The maximum absolute atomic E-state index is 14.7. The van der Waals surface area contributed by atoms with E-state index in [1.807, 2.05) is 0 Å². The summed E-state index contributed by atoms with van der Waals surface area (Å²) in [5.74, 6) is -6.03. The fraction of sp³-hybridized carbons (Fsp3) is 0.447. The number of ether oxygens (including phenoxy) is 7. The van der Waals surface area contributed by atoms with E-state index >= 15 is 0 Å². The van der Waals surface area contributed by atoms with Crippen molar-refractivity contribution >= 4 is 35.8 Å². The molecule has 0 aromatic heterocycles. The van der Waals surface area contributed by atoms with Gasteiger partial charge in [0.05, 0.1) is 45.6 Å². The molecule has 0 radical (unpaired) electrons. The molecule has 14 heteroatoms. The van der Waals surface area contributed by atoms with Crippen molar-refractivity contribution in [2.75, 3.05) is 6.61 Å². The van der Waals surface area contributed by atoms with Crippen LogP contribution in [0.5, 0.6) is 0 Å². The van der Waals surface area contributed by atoms with E-state index in [-0.39, 0.29) is 41.7 Å². The maximum Gasteiger partial charge on any atom is 0.338 e. The van der Waals surface area contributed by atoms with Gasteiger partial charge in [0.1, 0.15) is 24.4 Å². The van der Waals surface area contributed by atoms with Crippen LogP contribution in [0.25, 0.3) is 0 Å². The number of hydrogen-bond acceptors (Lipinski definition) is 14. The van der Waals surface area contributed by atoms with Gasteiger partial charge >= 0.3 is 35.8 Å². The Hall–Kier alpha value is -5.86. The number of aliphatic hydroxyl groups is 1. The zero-order valence-electron chi connectivity index (χ0n) is 35.1. The van der Waals surface area contributed by atoms with E-state index in [0.717, 1.165) is 6.92 Å². The van der Waals surface area contributed by atoms with Crippen LogP contribution in [0, 0.1) is 16.7 Å². The molecule has 7 rings (SSSR count). The second kappa shape index (κ2) is 16.2. The first-order valence-corrected chi connectivity index (χ1v) is 20.2. The van der Waals surface area contributed by atoms with Crippen LogP contribution in [0.3, 0.4) is 0 Å². The molecule has 1 N–H and O–H groups in total. The lowest BCUT2D eigenvalue weighted by Gasteiger charge is -2.65. The number of hydrogen-bond donors (Lipinski definition) is 1. The number of carbonyl (C=O) groups excluding carboxylic acids is 6. The highest BCUT2D eigenvalue weighted by Gasteiger charge is 2.81. The molecule has 3 aromatic carbocycles. The van der Waals surface area contributed by atoms with Gasteiger partial charge in [-0.05, 0) is 68.3 Å². The van der Waals surface area contributed by atoms with Crippen molar-refractivity contribution in [1.82, 2.24) is 0 Å². The summed E-state index contributed by atoms with van der Waals surface area (Å²) in [6.45, 7) is 9.63. The molecule has 4 aliphatic rings. The molecule has 0 bridgehead atoms. The van der Waals surface area contributed by atoms with E-state index in [1.54, 1.807) is 92.7 Å². The quantitative estimate of drug-likeness (QED) is 0.148. The lowest BCUT2D eigenvalue weighted by atomic mass is 9.49. The molecule has 322 valence electrons. The topological polar surface area (TPSA) is 187 Å². The smallest absolute Gasteiger partial charge is 0.338 e. The predicted molar refractivity (Wildman–Crippen MR) is 215 cm³/mol. The van der Waals surface area contributed by atoms with Gasteiger partial charge in [0.25, 0.3) is 0 Å². The Kier molecular flexibility index (Phi) is 11.5. The van der Waals surface area contributed by atoms with Crippen molar-refractivity contribution in [2.24, 2.45) is 16.7 Å². The third-order valence-corrected chi connectivity index (χ3v) is 13.0. The fourth-order valence-electron chi connectivity index (χ4n) is 10.4. The van der Waals surface area contributed by atoms with Gasteiger partial charge in [-0.1, -0.05) is 61.5 Å². The second-order valence-corrected chi connectivity index (χ2v) is 17.0. The number of benzene rings is 3. The summed E-state index contributed by atoms with van der Waals surface area (Å²) in [7, 11) is 0. The lowest BCUT2D eigenvalue weighted by molar-refractivity contribution is -0.350. The first-order chi connectivity index (χ1) is 28.8. The molecule has 0 unspecified atom stereocenters. The van der Waals surface area contributed by atoms with Crippen molar-refractivity contribution < 1.29 is 67.0 Å². The summed E-state index contributed by atoms with van der Waals surface area (Å²) < 4.78 is 44.7. The normalized spacial score (nSPS) is 31.4. The zero-order valence-corrected chi connectivity index (χ0v) is 35.1. The molecule has 3 fully saturated rings. The summed E-state index contributed by atoms with van der Waals surface area (Å²) in [5, 5.41) is 12.9. The Morgan fingerprint density at radius 3 is 1.61 bits per heavy atom. The van der Waals surface area contributed by atoms with Gasteiger partial charge in [-0.15, -0.1) is 0 Å². The first kappa shape index (κ1) is 43.2.